The van der Waals surface area contributed by atoms with Crippen LogP contribution >= 0.6 is 0 Å². The van der Waals surface area contributed by atoms with Crippen molar-refractivity contribution in [2.75, 3.05) is 44.7 Å². The van der Waals surface area contributed by atoms with Gasteiger partial charge in [-0.3, -0.25) is 4.79 Å². The monoisotopic (exact) mass is 542 g/mol. The Kier molecular flexibility index (Phi) is 8.07. The van der Waals surface area contributed by atoms with Crippen LogP contribution in [0.25, 0.3) is 0 Å². The summed E-state index contributed by atoms with van der Waals surface area (Å²) in [6, 6.07) is 14.2. The molecular weight excluding hydrogens is 503 g/mol. The second-order valence-electron chi connectivity index (χ2n) is 11.1. The number of anilines is 1. The maximum Gasteiger partial charge on any atom is 0.243 e. The molecule has 3 fully saturated rings. The molecule has 3 aliphatic rings. The molecule has 0 aromatic heterocycles. The number of benzene rings is 2. The minimum Gasteiger partial charge on any atom is -0.369 e. The van der Waals surface area contributed by atoms with E-state index in [-0.39, 0.29) is 22.4 Å². The minimum atomic E-state index is -3.80. The van der Waals surface area contributed by atoms with E-state index in [1.807, 2.05) is 30.3 Å². The number of nitrogens with one attached hydrogen (secondary N) is 1. The van der Waals surface area contributed by atoms with Crippen molar-refractivity contribution >= 4 is 21.6 Å². The molecule has 2 aromatic carbocycles. The first-order valence-corrected chi connectivity index (χ1v) is 15.3. The molecular formula is C29H39FN4O3S. The van der Waals surface area contributed by atoms with E-state index in [2.05, 4.69) is 22.2 Å². The van der Waals surface area contributed by atoms with E-state index < -0.39 is 15.8 Å². The lowest BCUT2D eigenvalue weighted by Crippen LogP contribution is -2.50. The minimum absolute atomic E-state index is 0.00639. The molecule has 38 heavy (non-hydrogen) atoms. The fraction of sp³-hybridized carbons (Fsp3) is 0.552. The number of nitrogens with zero attached hydrogens (tertiary/aromatic N) is 3. The van der Waals surface area contributed by atoms with Gasteiger partial charge < -0.3 is 15.1 Å². The van der Waals surface area contributed by atoms with Crippen LogP contribution in [0.15, 0.2) is 53.4 Å². The summed E-state index contributed by atoms with van der Waals surface area (Å²) in [5.74, 6) is -0.501. The Morgan fingerprint density at radius 2 is 1.71 bits per heavy atom. The Bertz CT molecular complexity index is 1220. The molecule has 1 N–H and O–H groups in total. The molecule has 0 unspecified atom stereocenters. The van der Waals surface area contributed by atoms with Gasteiger partial charge in [-0.05, 0) is 82.3 Å². The first-order chi connectivity index (χ1) is 18.3. The molecule has 9 heteroatoms. The van der Waals surface area contributed by atoms with Crippen molar-refractivity contribution in [2.45, 2.75) is 67.8 Å². The van der Waals surface area contributed by atoms with E-state index in [1.165, 1.54) is 29.3 Å². The van der Waals surface area contributed by atoms with Crippen LogP contribution in [0.1, 0.15) is 50.5 Å². The summed E-state index contributed by atoms with van der Waals surface area (Å²) in [6.07, 6.45) is 6.59. The van der Waals surface area contributed by atoms with Crippen LogP contribution in [0.4, 0.5) is 10.1 Å². The third kappa shape index (κ3) is 5.75. The summed E-state index contributed by atoms with van der Waals surface area (Å²) in [4.78, 5) is 16.9. The number of sulfonamides is 1. The number of aryl methyl sites for hydroxylation is 1. The number of hydrogen-bond acceptors (Lipinski definition) is 5. The second-order valence-corrected chi connectivity index (χ2v) is 13.0. The Hall–Kier alpha value is -2.49. The van der Waals surface area contributed by atoms with E-state index in [4.69, 9.17) is 0 Å². The lowest BCUT2D eigenvalue weighted by molar-refractivity contribution is -0.122. The average Bonchev–Trinajstić information content (AvgIpc) is 3.28. The zero-order valence-electron chi connectivity index (χ0n) is 22.2. The van der Waals surface area contributed by atoms with E-state index in [1.54, 1.807) is 6.07 Å². The van der Waals surface area contributed by atoms with Crippen LogP contribution in [0.5, 0.6) is 0 Å². The Morgan fingerprint density at radius 3 is 2.34 bits per heavy atom. The largest absolute Gasteiger partial charge is 0.369 e. The molecule has 0 atom stereocenters. The number of hydrogen-bond donors (Lipinski definition) is 1. The van der Waals surface area contributed by atoms with Gasteiger partial charge in [0.25, 0.3) is 0 Å². The van der Waals surface area contributed by atoms with Crippen LogP contribution in [0.2, 0.25) is 0 Å². The Morgan fingerprint density at radius 1 is 1.00 bits per heavy atom. The van der Waals surface area contributed by atoms with Gasteiger partial charge in [-0.1, -0.05) is 30.3 Å². The molecule has 5 rings (SSSR count). The fourth-order valence-corrected chi connectivity index (χ4v) is 7.85. The third-order valence-corrected chi connectivity index (χ3v) is 10.7. The molecule has 1 spiro atoms. The van der Waals surface area contributed by atoms with Crippen molar-refractivity contribution in [3.8, 4) is 0 Å². The fourth-order valence-electron chi connectivity index (χ4n) is 6.37. The van der Waals surface area contributed by atoms with E-state index in [0.29, 0.717) is 44.5 Å². The molecule has 3 saturated heterocycles. The topological polar surface area (TPSA) is 73.0 Å². The summed E-state index contributed by atoms with van der Waals surface area (Å²) in [6.45, 7) is 3.28. The van der Waals surface area contributed by atoms with Gasteiger partial charge in [-0.2, -0.15) is 4.31 Å². The summed E-state index contributed by atoms with van der Waals surface area (Å²) >= 11 is 0. The van der Waals surface area contributed by atoms with Crippen LogP contribution in [-0.4, -0.2) is 74.9 Å². The number of likely N-dealkylation sites (tertiary alicyclic amines) is 1. The van der Waals surface area contributed by atoms with Crippen LogP contribution in [0, 0.1) is 5.82 Å². The predicted molar refractivity (Wildman–Crippen MR) is 147 cm³/mol. The number of carbonyl (C=O) groups excluding carboxylic acids is 1. The lowest BCUT2D eigenvalue weighted by atomic mass is 9.85. The number of piperidine rings is 2. The summed E-state index contributed by atoms with van der Waals surface area (Å²) in [7, 11) is -1.61. The van der Waals surface area contributed by atoms with Crippen molar-refractivity contribution in [2.24, 2.45) is 0 Å². The summed E-state index contributed by atoms with van der Waals surface area (Å²) in [5, 5.41) is 3.05. The first-order valence-electron chi connectivity index (χ1n) is 13.9. The van der Waals surface area contributed by atoms with Crippen LogP contribution < -0.4 is 10.2 Å². The Labute approximate surface area is 226 Å². The highest BCUT2D eigenvalue weighted by Crippen LogP contribution is 2.39. The number of halogens is 1. The predicted octanol–water partition coefficient (Wildman–Crippen LogP) is 3.79. The lowest BCUT2D eigenvalue weighted by Gasteiger charge is -2.44. The second kappa shape index (κ2) is 11.3. The van der Waals surface area contributed by atoms with E-state index in [9.17, 15) is 13.2 Å². The summed E-state index contributed by atoms with van der Waals surface area (Å²) in [5.41, 5.74) is 1.84. The first kappa shape index (κ1) is 27.1. The molecule has 0 radical (unpaired) electrons. The Balaban J connectivity index is 1.14. The molecule has 0 saturated carbocycles. The molecule has 0 aliphatic carbocycles. The highest BCUT2D eigenvalue weighted by atomic mass is 32.2. The average molecular weight is 543 g/mol. The van der Waals surface area contributed by atoms with Crippen LogP contribution in [-0.2, 0) is 21.2 Å². The summed E-state index contributed by atoms with van der Waals surface area (Å²) < 4.78 is 43.2. The van der Waals surface area contributed by atoms with Gasteiger partial charge in [0.1, 0.15) is 5.82 Å². The molecule has 0 bridgehead atoms. The third-order valence-electron chi connectivity index (χ3n) is 8.84. The smallest absolute Gasteiger partial charge is 0.243 e. The van der Waals surface area contributed by atoms with Gasteiger partial charge in [-0.15, -0.1) is 0 Å². The number of rotatable bonds is 7. The van der Waals surface area contributed by atoms with Gasteiger partial charge in [-0.25, -0.2) is 12.8 Å². The van der Waals surface area contributed by atoms with E-state index in [0.717, 1.165) is 38.0 Å². The van der Waals surface area contributed by atoms with Gasteiger partial charge in [0.05, 0.1) is 10.6 Å². The van der Waals surface area contributed by atoms with Crippen molar-refractivity contribution < 1.29 is 17.6 Å². The van der Waals surface area contributed by atoms with Crippen molar-refractivity contribution in [1.29, 1.82) is 0 Å². The highest BCUT2D eigenvalue weighted by Gasteiger charge is 2.41. The molecule has 7 nitrogen and oxygen atoms in total. The number of amides is 1. The molecule has 3 heterocycles. The van der Waals surface area contributed by atoms with Crippen molar-refractivity contribution in [3.63, 3.8) is 0 Å². The van der Waals surface area contributed by atoms with Gasteiger partial charge >= 0.3 is 0 Å². The van der Waals surface area contributed by atoms with Crippen molar-refractivity contribution in [1.82, 2.24) is 14.5 Å². The van der Waals surface area contributed by atoms with Crippen LogP contribution in [0.3, 0.4) is 0 Å². The van der Waals surface area contributed by atoms with Gasteiger partial charge in [0.15, 0.2) is 0 Å². The molecule has 3 aliphatic heterocycles. The standard InChI is InChI=1S/C29H39FN4O3S/c1-32-17-5-14-29(32)15-20-33(21-16-29)27-10-9-25(22-26(27)30)38(36,37)34-18-12-24(13-19-34)31-28(35)11-8-23-6-3-2-4-7-23/h2-4,6-7,9-10,22,24H,5,8,11-21H2,1H3,(H,31,35). The maximum absolute atomic E-state index is 15.2. The molecule has 206 valence electrons. The molecule has 2 aromatic rings. The van der Waals surface area contributed by atoms with E-state index >= 15 is 4.39 Å². The zero-order valence-corrected chi connectivity index (χ0v) is 23.1. The maximum atomic E-state index is 15.2. The quantitative estimate of drug-likeness (QED) is 0.577. The number of carbonyl (C=O) groups is 1. The van der Waals surface area contributed by atoms with Crippen molar-refractivity contribution in [3.05, 3.63) is 59.9 Å². The highest BCUT2D eigenvalue weighted by molar-refractivity contribution is 7.89. The zero-order chi connectivity index (χ0) is 26.8. The van der Waals surface area contributed by atoms with Gasteiger partial charge in [0, 0.05) is 44.2 Å². The van der Waals surface area contributed by atoms with Gasteiger partial charge in [0.2, 0.25) is 15.9 Å². The SMILES string of the molecule is CN1CCCC12CCN(c1ccc(S(=O)(=O)N3CCC(NC(=O)CCc4ccccc4)CC3)cc1F)CC2. The molecule has 1 amide bonds. The normalized spacial score (nSPS) is 21.2.